The number of hydrogen-bond acceptors (Lipinski definition) is 3. The summed E-state index contributed by atoms with van der Waals surface area (Å²) >= 11 is 1.80. The summed E-state index contributed by atoms with van der Waals surface area (Å²) in [5, 5.41) is 19.5. The zero-order valence-electron chi connectivity index (χ0n) is 10.4. The number of nitrogens with zero attached hydrogens (tertiary/aromatic N) is 1. The molecule has 1 aliphatic carbocycles. The molecule has 1 rings (SSSR count). The van der Waals surface area contributed by atoms with Crippen molar-refractivity contribution in [3.63, 3.8) is 0 Å². The fourth-order valence-electron chi connectivity index (χ4n) is 2.71. The maximum atomic E-state index is 10.2. The van der Waals surface area contributed by atoms with Crippen molar-refractivity contribution in [3.05, 3.63) is 0 Å². The van der Waals surface area contributed by atoms with Gasteiger partial charge in [-0.05, 0) is 50.0 Å². The second-order valence-electron chi connectivity index (χ2n) is 4.94. The number of hydrogen-bond donors (Lipinski definition) is 1. The summed E-state index contributed by atoms with van der Waals surface area (Å²) in [6.07, 6.45) is 7.51. The quantitative estimate of drug-likeness (QED) is 0.726. The van der Waals surface area contributed by atoms with Crippen molar-refractivity contribution >= 4 is 11.8 Å². The topological polar surface area (TPSA) is 44.0 Å². The first-order valence-corrected chi connectivity index (χ1v) is 7.66. The summed E-state index contributed by atoms with van der Waals surface area (Å²) in [7, 11) is 0. The van der Waals surface area contributed by atoms with Gasteiger partial charge in [-0.1, -0.05) is 13.3 Å². The van der Waals surface area contributed by atoms with Gasteiger partial charge in [-0.3, -0.25) is 0 Å². The predicted molar refractivity (Wildman–Crippen MR) is 69.3 cm³/mol. The smallest absolute Gasteiger partial charge is 0.0835 e. The molecule has 0 heterocycles. The van der Waals surface area contributed by atoms with Gasteiger partial charge in [-0.25, -0.2) is 0 Å². The number of aliphatic hydroxyl groups is 1. The Morgan fingerprint density at radius 3 is 2.88 bits per heavy atom. The van der Waals surface area contributed by atoms with E-state index in [2.05, 4.69) is 19.2 Å². The van der Waals surface area contributed by atoms with Gasteiger partial charge in [0, 0.05) is 0 Å². The average Bonchev–Trinajstić information content (AvgIpc) is 2.74. The molecule has 1 saturated carbocycles. The van der Waals surface area contributed by atoms with Gasteiger partial charge in [-0.2, -0.15) is 17.0 Å². The Bertz CT molecular complexity index is 251. The summed E-state index contributed by atoms with van der Waals surface area (Å²) < 4.78 is 0. The standard InChI is InChI=1S/C13H23NOS/c1-3-11-6-7-13(9-11,10-14)12(15)5-4-8-16-2/h11-12,15H,3-9H2,1-2H3. The molecular weight excluding hydrogens is 218 g/mol. The molecular formula is C13H23NOS. The van der Waals surface area contributed by atoms with E-state index in [9.17, 15) is 10.4 Å². The van der Waals surface area contributed by atoms with E-state index < -0.39 is 11.5 Å². The molecule has 0 spiro atoms. The third-order valence-electron chi connectivity index (χ3n) is 3.92. The van der Waals surface area contributed by atoms with Crippen LogP contribution in [0.1, 0.15) is 45.4 Å². The monoisotopic (exact) mass is 241 g/mol. The maximum Gasteiger partial charge on any atom is 0.0835 e. The Kier molecular flexibility index (Phi) is 5.64. The SMILES string of the molecule is CCC1CCC(C#N)(C(O)CCCSC)C1. The van der Waals surface area contributed by atoms with Crippen molar-refractivity contribution < 1.29 is 5.11 Å². The summed E-state index contributed by atoms with van der Waals surface area (Å²) in [6.45, 7) is 2.18. The molecule has 2 nitrogen and oxygen atoms in total. The third-order valence-corrected chi connectivity index (χ3v) is 4.61. The van der Waals surface area contributed by atoms with Crippen LogP contribution in [0.15, 0.2) is 0 Å². The Balaban J connectivity index is 2.50. The largest absolute Gasteiger partial charge is 0.391 e. The number of thioether (sulfide) groups is 1. The van der Waals surface area contributed by atoms with Gasteiger partial charge in [0.15, 0.2) is 0 Å². The molecule has 0 saturated heterocycles. The molecule has 3 atom stereocenters. The van der Waals surface area contributed by atoms with E-state index in [1.165, 1.54) is 0 Å². The molecule has 16 heavy (non-hydrogen) atoms. The Labute approximate surface area is 103 Å². The van der Waals surface area contributed by atoms with E-state index in [0.29, 0.717) is 5.92 Å². The van der Waals surface area contributed by atoms with E-state index in [4.69, 9.17) is 0 Å². The Morgan fingerprint density at radius 1 is 1.62 bits per heavy atom. The average molecular weight is 241 g/mol. The highest BCUT2D eigenvalue weighted by atomic mass is 32.2. The van der Waals surface area contributed by atoms with E-state index in [-0.39, 0.29) is 0 Å². The van der Waals surface area contributed by atoms with Crippen LogP contribution in [-0.4, -0.2) is 23.2 Å². The van der Waals surface area contributed by atoms with Gasteiger partial charge in [0.05, 0.1) is 17.6 Å². The van der Waals surface area contributed by atoms with E-state index >= 15 is 0 Å². The molecule has 0 radical (unpaired) electrons. The van der Waals surface area contributed by atoms with Crippen LogP contribution >= 0.6 is 11.8 Å². The van der Waals surface area contributed by atoms with Gasteiger partial charge in [-0.15, -0.1) is 0 Å². The number of nitriles is 1. The highest BCUT2D eigenvalue weighted by Crippen LogP contribution is 2.46. The van der Waals surface area contributed by atoms with Gasteiger partial charge in [0.1, 0.15) is 0 Å². The molecule has 3 unspecified atom stereocenters. The van der Waals surface area contributed by atoms with Crippen molar-refractivity contribution in [1.82, 2.24) is 0 Å². The van der Waals surface area contributed by atoms with Gasteiger partial charge >= 0.3 is 0 Å². The molecule has 92 valence electrons. The van der Waals surface area contributed by atoms with Crippen LogP contribution in [0, 0.1) is 22.7 Å². The predicted octanol–water partition coefficient (Wildman–Crippen LogP) is 3.21. The lowest BCUT2D eigenvalue weighted by atomic mass is 9.79. The number of rotatable bonds is 6. The van der Waals surface area contributed by atoms with Gasteiger partial charge < -0.3 is 5.11 Å². The van der Waals surface area contributed by atoms with Crippen molar-refractivity contribution in [2.75, 3.05) is 12.0 Å². The summed E-state index contributed by atoms with van der Waals surface area (Å²) in [6, 6.07) is 2.41. The minimum Gasteiger partial charge on any atom is -0.391 e. The van der Waals surface area contributed by atoms with Crippen LogP contribution in [0.4, 0.5) is 0 Å². The first-order valence-electron chi connectivity index (χ1n) is 6.26. The number of aliphatic hydroxyl groups excluding tert-OH is 1. The van der Waals surface area contributed by atoms with Crippen molar-refractivity contribution in [1.29, 1.82) is 5.26 Å². The van der Waals surface area contributed by atoms with Crippen LogP contribution in [0.2, 0.25) is 0 Å². The normalized spacial score (nSPS) is 31.2. The van der Waals surface area contributed by atoms with Crippen molar-refractivity contribution in [2.45, 2.75) is 51.6 Å². The fraction of sp³-hybridized carbons (Fsp3) is 0.923. The second kappa shape index (κ2) is 6.51. The van der Waals surface area contributed by atoms with Gasteiger partial charge in [0.25, 0.3) is 0 Å². The third kappa shape index (κ3) is 3.15. The highest BCUT2D eigenvalue weighted by molar-refractivity contribution is 7.98. The van der Waals surface area contributed by atoms with Crippen LogP contribution in [-0.2, 0) is 0 Å². The van der Waals surface area contributed by atoms with Crippen LogP contribution < -0.4 is 0 Å². The zero-order valence-corrected chi connectivity index (χ0v) is 11.2. The Morgan fingerprint density at radius 2 is 2.38 bits per heavy atom. The lowest BCUT2D eigenvalue weighted by Gasteiger charge is -2.27. The van der Waals surface area contributed by atoms with Crippen molar-refractivity contribution in [2.24, 2.45) is 11.3 Å². The van der Waals surface area contributed by atoms with Gasteiger partial charge in [0.2, 0.25) is 0 Å². The first-order chi connectivity index (χ1) is 7.68. The molecule has 0 aromatic heterocycles. The minimum atomic E-state index is -0.431. The van der Waals surface area contributed by atoms with E-state index in [1.807, 2.05) is 0 Å². The van der Waals surface area contributed by atoms with Crippen LogP contribution in [0.3, 0.4) is 0 Å². The summed E-state index contributed by atoms with van der Waals surface area (Å²) in [4.78, 5) is 0. The molecule has 1 aliphatic rings. The summed E-state index contributed by atoms with van der Waals surface area (Å²) in [5.41, 5.74) is -0.431. The molecule has 0 aliphatic heterocycles. The lowest BCUT2D eigenvalue weighted by Crippen LogP contribution is -2.31. The lowest BCUT2D eigenvalue weighted by molar-refractivity contribution is 0.0568. The van der Waals surface area contributed by atoms with Crippen LogP contribution in [0.5, 0.6) is 0 Å². The molecule has 0 aromatic carbocycles. The molecule has 3 heteroatoms. The van der Waals surface area contributed by atoms with E-state index in [0.717, 1.165) is 44.3 Å². The minimum absolute atomic E-state index is 0.416. The highest BCUT2D eigenvalue weighted by Gasteiger charge is 2.44. The summed E-state index contributed by atoms with van der Waals surface area (Å²) in [5.74, 6) is 1.73. The maximum absolute atomic E-state index is 10.2. The molecule has 1 fully saturated rings. The van der Waals surface area contributed by atoms with E-state index in [1.54, 1.807) is 11.8 Å². The first kappa shape index (κ1) is 13.9. The second-order valence-corrected chi connectivity index (χ2v) is 5.92. The zero-order chi connectivity index (χ0) is 12.0. The van der Waals surface area contributed by atoms with Crippen LogP contribution in [0.25, 0.3) is 0 Å². The molecule has 0 amide bonds. The Hall–Kier alpha value is -0.200. The fourth-order valence-corrected chi connectivity index (χ4v) is 3.16. The molecule has 0 aromatic rings. The van der Waals surface area contributed by atoms with Crippen molar-refractivity contribution in [3.8, 4) is 6.07 Å². The molecule has 1 N–H and O–H groups in total. The molecule has 0 bridgehead atoms.